The van der Waals surface area contributed by atoms with Crippen molar-refractivity contribution >= 4 is 5.82 Å². The summed E-state index contributed by atoms with van der Waals surface area (Å²) < 4.78 is 0. The number of aromatic nitrogens is 2. The Bertz CT molecular complexity index is 325. The molecule has 2 heterocycles. The van der Waals surface area contributed by atoms with E-state index in [2.05, 4.69) is 34.3 Å². The zero-order chi connectivity index (χ0) is 12.1. The fourth-order valence-corrected chi connectivity index (χ4v) is 2.22. The van der Waals surface area contributed by atoms with E-state index in [0.29, 0.717) is 12.0 Å². The maximum Gasteiger partial charge on any atom is 0.151 e. The first-order valence-corrected chi connectivity index (χ1v) is 6.51. The largest absolute Gasteiger partial charge is 0.354 e. The van der Waals surface area contributed by atoms with Crippen molar-refractivity contribution in [3.8, 4) is 0 Å². The SMILES string of the molecule is CC(C)CN[C@H]1CCCN(c2cccnn2)C1. The van der Waals surface area contributed by atoms with Crippen molar-refractivity contribution in [2.75, 3.05) is 24.5 Å². The summed E-state index contributed by atoms with van der Waals surface area (Å²) in [7, 11) is 0. The summed E-state index contributed by atoms with van der Waals surface area (Å²) in [6.45, 7) is 7.73. The van der Waals surface area contributed by atoms with Crippen LogP contribution in [-0.4, -0.2) is 35.9 Å². The van der Waals surface area contributed by atoms with Crippen molar-refractivity contribution in [1.82, 2.24) is 15.5 Å². The van der Waals surface area contributed by atoms with Crippen LogP contribution in [0.1, 0.15) is 26.7 Å². The number of hydrogen-bond donors (Lipinski definition) is 1. The lowest BCUT2D eigenvalue weighted by atomic mass is 10.0. The number of nitrogens with one attached hydrogen (secondary N) is 1. The molecule has 94 valence electrons. The minimum Gasteiger partial charge on any atom is -0.354 e. The Balaban J connectivity index is 1.89. The molecule has 1 N–H and O–H groups in total. The summed E-state index contributed by atoms with van der Waals surface area (Å²) in [6.07, 6.45) is 4.22. The van der Waals surface area contributed by atoms with Crippen LogP contribution in [0.2, 0.25) is 0 Å². The van der Waals surface area contributed by atoms with Gasteiger partial charge in [0, 0.05) is 25.3 Å². The van der Waals surface area contributed by atoms with Crippen LogP contribution in [-0.2, 0) is 0 Å². The van der Waals surface area contributed by atoms with Gasteiger partial charge in [-0.15, -0.1) is 5.10 Å². The topological polar surface area (TPSA) is 41.0 Å². The molecule has 0 aliphatic carbocycles. The van der Waals surface area contributed by atoms with Gasteiger partial charge in [-0.1, -0.05) is 13.8 Å². The smallest absolute Gasteiger partial charge is 0.151 e. The predicted octanol–water partition coefficient (Wildman–Crippen LogP) is 1.69. The molecule has 17 heavy (non-hydrogen) atoms. The quantitative estimate of drug-likeness (QED) is 0.861. The highest BCUT2D eigenvalue weighted by molar-refractivity contribution is 5.37. The molecule has 1 saturated heterocycles. The van der Waals surface area contributed by atoms with E-state index in [1.807, 2.05) is 12.1 Å². The van der Waals surface area contributed by atoms with Gasteiger partial charge in [0.2, 0.25) is 0 Å². The van der Waals surface area contributed by atoms with Gasteiger partial charge in [-0.25, -0.2) is 0 Å². The van der Waals surface area contributed by atoms with E-state index < -0.39 is 0 Å². The van der Waals surface area contributed by atoms with E-state index in [4.69, 9.17) is 0 Å². The maximum atomic E-state index is 4.18. The van der Waals surface area contributed by atoms with Crippen LogP contribution in [0.3, 0.4) is 0 Å². The van der Waals surface area contributed by atoms with E-state index in [-0.39, 0.29) is 0 Å². The Morgan fingerprint density at radius 2 is 2.41 bits per heavy atom. The molecule has 1 aromatic heterocycles. The molecule has 1 aliphatic rings. The van der Waals surface area contributed by atoms with Crippen molar-refractivity contribution in [3.63, 3.8) is 0 Å². The molecule has 4 heteroatoms. The van der Waals surface area contributed by atoms with Gasteiger partial charge in [-0.3, -0.25) is 0 Å². The highest BCUT2D eigenvalue weighted by atomic mass is 15.3. The molecule has 0 saturated carbocycles. The normalized spacial score (nSPS) is 20.9. The molecular formula is C13H22N4. The lowest BCUT2D eigenvalue weighted by Crippen LogP contribution is -2.47. The van der Waals surface area contributed by atoms with Gasteiger partial charge in [0.05, 0.1) is 0 Å². The van der Waals surface area contributed by atoms with Crippen LogP contribution < -0.4 is 10.2 Å². The summed E-state index contributed by atoms with van der Waals surface area (Å²) >= 11 is 0. The van der Waals surface area contributed by atoms with Crippen molar-refractivity contribution in [2.45, 2.75) is 32.7 Å². The number of anilines is 1. The fraction of sp³-hybridized carbons (Fsp3) is 0.692. The van der Waals surface area contributed by atoms with E-state index in [0.717, 1.165) is 25.5 Å². The fourth-order valence-electron chi connectivity index (χ4n) is 2.22. The lowest BCUT2D eigenvalue weighted by molar-refractivity contribution is 0.398. The second-order valence-corrected chi connectivity index (χ2v) is 5.17. The maximum absolute atomic E-state index is 4.18. The summed E-state index contributed by atoms with van der Waals surface area (Å²) in [5.74, 6) is 1.71. The van der Waals surface area contributed by atoms with Crippen LogP contribution >= 0.6 is 0 Å². The van der Waals surface area contributed by atoms with Crippen LogP contribution in [0.4, 0.5) is 5.82 Å². The highest BCUT2D eigenvalue weighted by Crippen LogP contribution is 2.16. The first-order valence-electron chi connectivity index (χ1n) is 6.51. The Labute approximate surface area is 103 Å². The highest BCUT2D eigenvalue weighted by Gasteiger charge is 2.20. The molecule has 1 fully saturated rings. The number of nitrogens with zero attached hydrogens (tertiary/aromatic N) is 3. The van der Waals surface area contributed by atoms with Gasteiger partial charge in [0.25, 0.3) is 0 Å². The van der Waals surface area contributed by atoms with Crippen LogP contribution in [0.25, 0.3) is 0 Å². The zero-order valence-electron chi connectivity index (χ0n) is 10.8. The van der Waals surface area contributed by atoms with Crippen molar-refractivity contribution in [1.29, 1.82) is 0 Å². The molecule has 4 nitrogen and oxygen atoms in total. The van der Waals surface area contributed by atoms with Crippen molar-refractivity contribution < 1.29 is 0 Å². The van der Waals surface area contributed by atoms with Crippen LogP contribution in [0.15, 0.2) is 18.3 Å². The molecule has 0 radical (unpaired) electrons. The molecule has 1 aliphatic heterocycles. The van der Waals surface area contributed by atoms with Crippen molar-refractivity contribution in [3.05, 3.63) is 18.3 Å². The minimum atomic E-state index is 0.591. The molecule has 1 aromatic rings. The number of piperidine rings is 1. The van der Waals surface area contributed by atoms with Crippen LogP contribution in [0.5, 0.6) is 0 Å². The predicted molar refractivity (Wildman–Crippen MR) is 70.1 cm³/mol. The van der Waals surface area contributed by atoms with Gasteiger partial charge < -0.3 is 10.2 Å². The average Bonchev–Trinajstić information content (AvgIpc) is 2.38. The van der Waals surface area contributed by atoms with E-state index >= 15 is 0 Å². The Morgan fingerprint density at radius 3 is 3.12 bits per heavy atom. The number of rotatable bonds is 4. The average molecular weight is 234 g/mol. The standard InChI is InChI=1S/C13H22N4/c1-11(2)9-14-12-5-4-8-17(10-12)13-6-3-7-15-16-13/h3,6-7,11-12,14H,4-5,8-10H2,1-2H3/t12-/m0/s1. The second kappa shape index (κ2) is 5.96. The molecule has 0 bridgehead atoms. The Morgan fingerprint density at radius 1 is 1.53 bits per heavy atom. The first kappa shape index (κ1) is 12.3. The molecule has 0 spiro atoms. The van der Waals surface area contributed by atoms with Gasteiger partial charge >= 0.3 is 0 Å². The van der Waals surface area contributed by atoms with Gasteiger partial charge in [0.1, 0.15) is 0 Å². The molecular weight excluding hydrogens is 212 g/mol. The minimum absolute atomic E-state index is 0.591. The third-order valence-corrected chi connectivity index (χ3v) is 3.12. The van der Waals surface area contributed by atoms with E-state index in [1.165, 1.54) is 12.8 Å². The Kier molecular flexibility index (Phi) is 4.31. The summed E-state index contributed by atoms with van der Waals surface area (Å²) in [5, 5.41) is 11.8. The second-order valence-electron chi connectivity index (χ2n) is 5.17. The van der Waals surface area contributed by atoms with Gasteiger partial charge in [-0.2, -0.15) is 5.10 Å². The van der Waals surface area contributed by atoms with Crippen LogP contribution in [0, 0.1) is 5.92 Å². The summed E-state index contributed by atoms with van der Waals surface area (Å²) in [4.78, 5) is 2.33. The first-order chi connectivity index (χ1) is 8.25. The zero-order valence-corrected chi connectivity index (χ0v) is 10.8. The molecule has 0 amide bonds. The number of hydrogen-bond acceptors (Lipinski definition) is 4. The van der Waals surface area contributed by atoms with E-state index in [1.54, 1.807) is 6.20 Å². The van der Waals surface area contributed by atoms with Crippen molar-refractivity contribution in [2.24, 2.45) is 5.92 Å². The molecule has 2 rings (SSSR count). The molecule has 0 aromatic carbocycles. The third-order valence-electron chi connectivity index (χ3n) is 3.12. The molecule has 1 atom stereocenters. The third kappa shape index (κ3) is 3.66. The Hall–Kier alpha value is -1.16. The summed E-state index contributed by atoms with van der Waals surface area (Å²) in [6, 6.07) is 4.58. The van der Waals surface area contributed by atoms with E-state index in [9.17, 15) is 0 Å². The lowest BCUT2D eigenvalue weighted by Gasteiger charge is -2.34. The monoisotopic (exact) mass is 234 g/mol. The molecule has 0 unspecified atom stereocenters. The van der Waals surface area contributed by atoms with Gasteiger partial charge in [0.15, 0.2) is 5.82 Å². The van der Waals surface area contributed by atoms with Gasteiger partial charge in [-0.05, 0) is 37.4 Å². The summed E-state index contributed by atoms with van der Waals surface area (Å²) in [5.41, 5.74) is 0.